The van der Waals surface area contributed by atoms with E-state index < -0.39 is 16.9 Å². The molecular formula is C13H19NO4. The first-order chi connectivity index (χ1) is 8.28. The molecule has 1 saturated carbocycles. The van der Waals surface area contributed by atoms with E-state index in [0.29, 0.717) is 12.8 Å². The molecule has 2 aliphatic rings. The molecule has 1 N–H and O–H groups in total. The highest BCUT2D eigenvalue weighted by atomic mass is 16.4. The number of rotatable bonds is 3. The maximum absolute atomic E-state index is 12.3. The lowest BCUT2D eigenvalue weighted by molar-refractivity contribution is -0.151. The highest BCUT2D eigenvalue weighted by molar-refractivity contribution is 6.06. The monoisotopic (exact) mass is 253 g/mol. The lowest BCUT2D eigenvalue weighted by Crippen LogP contribution is -2.52. The Bertz CT molecular complexity index is 407. The number of hydrogen-bond acceptors (Lipinski definition) is 3. The molecule has 0 radical (unpaired) electrons. The third-order valence-corrected chi connectivity index (χ3v) is 4.11. The third kappa shape index (κ3) is 1.91. The molecule has 0 bridgehead atoms. The van der Waals surface area contributed by atoms with Crippen molar-refractivity contribution >= 4 is 17.8 Å². The maximum Gasteiger partial charge on any atom is 0.305 e. The summed E-state index contributed by atoms with van der Waals surface area (Å²) in [6.07, 6.45) is 3.06. The molecule has 0 aromatic heterocycles. The van der Waals surface area contributed by atoms with Gasteiger partial charge in [0.25, 0.3) is 0 Å². The van der Waals surface area contributed by atoms with Crippen LogP contribution in [0.2, 0.25) is 0 Å². The lowest BCUT2D eigenvalue weighted by Gasteiger charge is -2.37. The van der Waals surface area contributed by atoms with E-state index in [1.807, 2.05) is 0 Å². The van der Waals surface area contributed by atoms with Crippen LogP contribution in [0.5, 0.6) is 0 Å². The predicted octanol–water partition coefficient (Wildman–Crippen LogP) is 1.56. The molecule has 2 fully saturated rings. The zero-order valence-electron chi connectivity index (χ0n) is 10.9. The summed E-state index contributed by atoms with van der Waals surface area (Å²) in [6, 6.07) is 0. The number of aliphatic carboxylic acids is 1. The van der Waals surface area contributed by atoms with E-state index in [-0.39, 0.29) is 24.7 Å². The van der Waals surface area contributed by atoms with Crippen LogP contribution in [0.3, 0.4) is 0 Å². The van der Waals surface area contributed by atoms with Crippen molar-refractivity contribution in [3.63, 3.8) is 0 Å². The SMILES string of the molecule is CC1(C)CC(=O)N(C2(CC(=O)O)CCCC2)C1=O. The van der Waals surface area contributed by atoms with Crippen LogP contribution in [0.25, 0.3) is 0 Å². The van der Waals surface area contributed by atoms with Crippen LogP contribution in [0.15, 0.2) is 0 Å². The van der Waals surface area contributed by atoms with Gasteiger partial charge in [0.1, 0.15) is 0 Å². The number of carbonyl (C=O) groups excluding carboxylic acids is 2. The van der Waals surface area contributed by atoms with E-state index in [1.165, 1.54) is 4.90 Å². The van der Waals surface area contributed by atoms with Crippen LogP contribution >= 0.6 is 0 Å². The van der Waals surface area contributed by atoms with Crippen LogP contribution in [-0.2, 0) is 14.4 Å². The van der Waals surface area contributed by atoms with Crippen LogP contribution in [0.1, 0.15) is 52.4 Å². The number of likely N-dealkylation sites (tertiary alicyclic amines) is 1. The molecule has 18 heavy (non-hydrogen) atoms. The van der Waals surface area contributed by atoms with E-state index in [9.17, 15) is 14.4 Å². The number of carbonyl (C=O) groups is 3. The van der Waals surface area contributed by atoms with Crippen LogP contribution in [0, 0.1) is 5.41 Å². The standard InChI is InChI=1S/C13H19NO4/c1-12(2)7-9(15)14(11(12)18)13(8-10(16)17)5-3-4-6-13/h3-8H2,1-2H3,(H,16,17). The first kappa shape index (κ1) is 13.1. The van der Waals surface area contributed by atoms with Gasteiger partial charge in [-0.2, -0.15) is 0 Å². The van der Waals surface area contributed by atoms with Crippen molar-refractivity contribution in [3.8, 4) is 0 Å². The Balaban J connectivity index is 2.35. The van der Waals surface area contributed by atoms with E-state index in [1.54, 1.807) is 13.8 Å². The Morgan fingerprint density at radius 2 is 1.83 bits per heavy atom. The molecule has 5 nitrogen and oxygen atoms in total. The molecule has 0 atom stereocenters. The molecule has 0 spiro atoms. The van der Waals surface area contributed by atoms with Crippen molar-refractivity contribution in [1.29, 1.82) is 0 Å². The predicted molar refractivity (Wildman–Crippen MR) is 63.7 cm³/mol. The largest absolute Gasteiger partial charge is 0.481 e. The number of carboxylic acids is 1. The highest BCUT2D eigenvalue weighted by Gasteiger charge is 2.55. The summed E-state index contributed by atoms with van der Waals surface area (Å²) >= 11 is 0. The number of hydrogen-bond donors (Lipinski definition) is 1. The zero-order chi connectivity index (χ0) is 13.6. The van der Waals surface area contributed by atoms with E-state index in [0.717, 1.165) is 12.8 Å². The smallest absolute Gasteiger partial charge is 0.305 e. The lowest BCUT2D eigenvalue weighted by atomic mass is 9.89. The zero-order valence-corrected chi connectivity index (χ0v) is 10.9. The van der Waals surface area contributed by atoms with Crippen molar-refractivity contribution in [1.82, 2.24) is 4.90 Å². The minimum atomic E-state index is -0.942. The van der Waals surface area contributed by atoms with Gasteiger partial charge in [-0.15, -0.1) is 0 Å². The number of amides is 2. The van der Waals surface area contributed by atoms with Gasteiger partial charge in [-0.3, -0.25) is 19.3 Å². The van der Waals surface area contributed by atoms with Gasteiger partial charge in [0.15, 0.2) is 0 Å². The first-order valence-electron chi connectivity index (χ1n) is 6.38. The van der Waals surface area contributed by atoms with E-state index in [4.69, 9.17) is 5.11 Å². The number of imide groups is 1. The molecule has 1 saturated heterocycles. The number of nitrogens with zero attached hydrogens (tertiary/aromatic N) is 1. The van der Waals surface area contributed by atoms with Gasteiger partial charge in [0.05, 0.1) is 17.4 Å². The van der Waals surface area contributed by atoms with E-state index >= 15 is 0 Å². The summed E-state index contributed by atoms with van der Waals surface area (Å²) in [6.45, 7) is 3.49. The van der Waals surface area contributed by atoms with Gasteiger partial charge in [-0.25, -0.2) is 0 Å². The fourth-order valence-electron chi connectivity index (χ4n) is 3.22. The van der Waals surface area contributed by atoms with Crippen LogP contribution < -0.4 is 0 Å². The minimum Gasteiger partial charge on any atom is -0.481 e. The van der Waals surface area contributed by atoms with Crippen LogP contribution in [-0.4, -0.2) is 33.3 Å². The van der Waals surface area contributed by atoms with Crippen molar-refractivity contribution in [2.24, 2.45) is 5.41 Å². The fourth-order valence-corrected chi connectivity index (χ4v) is 3.22. The van der Waals surface area contributed by atoms with Gasteiger partial charge >= 0.3 is 5.97 Å². The molecule has 2 rings (SSSR count). The second kappa shape index (κ2) is 4.07. The Hall–Kier alpha value is -1.39. The van der Waals surface area contributed by atoms with Gasteiger partial charge in [-0.05, 0) is 12.8 Å². The average molecular weight is 253 g/mol. The minimum absolute atomic E-state index is 0.124. The van der Waals surface area contributed by atoms with Crippen molar-refractivity contribution in [2.45, 2.75) is 57.9 Å². The Labute approximate surface area is 106 Å². The van der Waals surface area contributed by atoms with Gasteiger partial charge in [0, 0.05) is 6.42 Å². The summed E-state index contributed by atoms with van der Waals surface area (Å²) in [5, 5.41) is 9.05. The molecule has 0 unspecified atom stereocenters. The Morgan fingerprint density at radius 1 is 1.28 bits per heavy atom. The highest BCUT2D eigenvalue weighted by Crippen LogP contribution is 2.44. The molecule has 0 aromatic carbocycles. The molecular weight excluding hydrogens is 234 g/mol. The van der Waals surface area contributed by atoms with Crippen LogP contribution in [0.4, 0.5) is 0 Å². The molecule has 1 aliphatic heterocycles. The molecule has 1 heterocycles. The summed E-state index contributed by atoms with van der Waals surface area (Å²) in [4.78, 5) is 36.7. The second-order valence-corrected chi connectivity index (χ2v) is 6.10. The fraction of sp³-hybridized carbons (Fsp3) is 0.769. The molecule has 5 heteroatoms. The summed E-state index contributed by atoms with van der Waals surface area (Å²) in [5.74, 6) is -1.37. The van der Waals surface area contributed by atoms with Gasteiger partial charge < -0.3 is 5.11 Å². The molecule has 2 amide bonds. The second-order valence-electron chi connectivity index (χ2n) is 6.10. The van der Waals surface area contributed by atoms with E-state index in [2.05, 4.69) is 0 Å². The maximum atomic E-state index is 12.3. The van der Waals surface area contributed by atoms with Gasteiger partial charge in [0.2, 0.25) is 11.8 Å². The van der Waals surface area contributed by atoms with Crippen molar-refractivity contribution < 1.29 is 19.5 Å². The molecule has 0 aromatic rings. The summed E-state index contributed by atoms with van der Waals surface area (Å²) < 4.78 is 0. The number of carboxylic acid groups (broad SMARTS) is 1. The third-order valence-electron chi connectivity index (χ3n) is 4.11. The quantitative estimate of drug-likeness (QED) is 0.774. The topological polar surface area (TPSA) is 74.7 Å². The molecule has 100 valence electrons. The summed E-state index contributed by atoms with van der Waals surface area (Å²) in [5.41, 5.74) is -1.46. The normalized spacial score (nSPS) is 25.8. The van der Waals surface area contributed by atoms with Crippen molar-refractivity contribution in [2.75, 3.05) is 0 Å². The Kier molecular flexibility index (Phi) is 2.95. The Morgan fingerprint density at radius 3 is 2.22 bits per heavy atom. The summed E-state index contributed by atoms with van der Waals surface area (Å²) in [7, 11) is 0. The molecule has 1 aliphatic carbocycles. The van der Waals surface area contributed by atoms with Gasteiger partial charge in [-0.1, -0.05) is 26.7 Å². The van der Waals surface area contributed by atoms with Crippen molar-refractivity contribution in [3.05, 3.63) is 0 Å². The average Bonchev–Trinajstić information content (AvgIpc) is 2.71. The first-order valence-corrected chi connectivity index (χ1v) is 6.38.